The van der Waals surface area contributed by atoms with E-state index in [1.807, 2.05) is 18.2 Å². The standard InChI is InChI=1S/C24H30N2O5S2/c1-3-30-23(28)21-18-12-13-26(24(29)31-4-2)15-19(18)33-22(21)25-20(27)11-8-14-32-16-17-9-6-5-7-10-17/h5-7,9-10H,3-4,8,11-16H2,1-2H3,(H,25,27). The van der Waals surface area contributed by atoms with Gasteiger partial charge in [0.05, 0.1) is 25.3 Å². The highest BCUT2D eigenvalue weighted by Gasteiger charge is 2.31. The molecule has 0 fully saturated rings. The summed E-state index contributed by atoms with van der Waals surface area (Å²) in [5.41, 5.74) is 2.55. The smallest absolute Gasteiger partial charge is 0.410 e. The molecule has 1 aliphatic rings. The molecule has 0 atom stereocenters. The minimum Gasteiger partial charge on any atom is -0.462 e. The van der Waals surface area contributed by atoms with Gasteiger partial charge in [-0.3, -0.25) is 4.79 Å². The van der Waals surface area contributed by atoms with Crippen molar-refractivity contribution in [3.05, 3.63) is 51.9 Å². The van der Waals surface area contributed by atoms with Crippen molar-refractivity contribution < 1.29 is 23.9 Å². The Morgan fingerprint density at radius 1 is 1.12 bits per heavy atom. The number of hydrogen-bond donors (Lipinski definition) is 1. The van der Waals surface area contributed by atoms with Crippen LogP contribution in [0, 0.1) is 0 Å². The number of fused-ring (bicyclic) bond motifs is 1. The summed E-state index contributed by atoms with van der Waals surface area (Å²) in [6.45, 7) is 4.91. The van der Waals surface area contributed by atoms with Crippen molar-refractivity contribution in [2.45, 2.75) is 45.4 Å². The number of carbonyl (C=O) groups is 3. The van der Waals surface area contributed by atoms with Crippen molar-refractivity contribution in [2.75, 3.05) is 30.8 Å². The fourth-order valence-electron chi connectivity index (χ4n) is 3.57. The molecular weight excluding hydrogens is 460 g/mol. The second kappa shape index (κ2) is 12.6. The molecule has 0 saturated heterocycles. The summed E-state index contributed by atoms with van der Waals surface area (Å²) in [6, 6.07) is 10.2. The van der Waals surface area contributed by atoms with Crippen LogP contribution in [-0.4, -0.2) is 48.4 Å². The van der Waals surface area contributed by atoms with Crippen LogP contribution in [0.15, 0.2) is 30.3 Å². The second-order valence-corrected chi connectivity index (χ2v) is 9.70. The highest BCUT2D eigenvalue weighted by Crippen LogP contribution is 2.38. The number of thiophene rings is 1. The molecule has 2 aromatic rings. The SMILES string of the molecule is CCOC(=O)c1c(NC(=O)CCCSCc2ccccc2)sc2c1CCN(C(=O)OCC)C2. The van der Waals surface area contributed by atoms with E-state index in [1.165, 1.54) is 16.9 Å². The van der Waals surface area contributed by atoms with E-state index in [-0.39, 0.29) is 18.6 Å². The molecule has 1 N–H and O–H groups in total. The first-order chi connectivity index (χ1) is 16.0. The third kappa shape index (κ3) is 6.98. The Morgan fingerprint density at radius 3 is 2.61 bits per heavy atom. The molecule has 1 aromatic carbocycles. The molecule has 2 heterocycles. The van der Waals surface area contributed by atoms with Crippen molar-refractivity contribution in [1.82, 2.24) is 4.90 Å². The topological polar surface area (TPSA) is 84.9 Å². The molecular formula is C24H30N2O5S2. The van der Waals surface area contributed by atoms with Gasteiger partial charge in [-0.2, -0.15) is 11.8 Å². The fourth-order valence-corrected chi connectivity index (χ4v) is 5.76. The van der Waals surface area contributed by atoms with Gasteiger partial charge in [-0.05, 0) is 43.6 Å². The molecule has 33 heavy (non-hydrogen) atoms. The summed E-state index contributed by atoms with van der Waals surface area (Å²) in [7, 11) is 0. The predicted octanol–water partition coefficient (Wildman–Crippen LogP) is 5.09. The maximum Gasteiger partial charge on any atom is 0.410 e. The zero-order valence-corrected chi connectivity index (χ0v) is 20.7. The molecule has 0 aliphatic carbocycles. The molecule has 0 bridgehead atoms. The van der Waals surface area contributed by atoms with Crippen LogP contribution in [0.2, 0.25) is 0 Å². The number of hydrogen-bond acceptors (Lipinski definition) is 7. The van der Waals surface area contributed by atoms with Gasteiger partial charge in [-0.25, -0.2) is 9.59 Å². The highest BCUT2D eigenvalue weighted by molar-refractivity contribution is 7.98. The van der Waals surface area contributed by atoms with E-state index in [0.717, 1.165) is 28.4 Å². The van der Waals surface area contributed by atoms with Gasteiger partial charge in [0.2, 0.25) is 5.91 Å². The van der Waals surface area contributed by atoms with Gasteiger partial charge in [0.25, 0.3) is 0 Å². The van der Waals surface area contributed by atoms with Crippen molar-refractivity contribution >= 4 is 46.1 Å². The van der Waals surface area contributed by atoms with Crippen LogP contribution in [0.3, 0.4) is 0 Å². The van der Waals surface area contributed by atoms with Crippen LogP contribution in [-0.2, 0) is 33.0 Å². The number of nitrogens with zero attached hydrogens (tertiary/aromatic N) is 1. The van der Waals surface area contributed by atoms with Gasteiger partial charge in [-0.15, -0.1) is 11.3 Å². The van der Waals surface area contributed by atoms with Gasteiger partial charge in [-0.1, -0.05) is 30.3 Å². The predicted molar refractivity (Wildman–Crippen MR) is 132 cm³/mol. The van der Waals surface area contributed by atoms with Crippen LogP contribution in [0.4, 0.5) is 9.80 Å². The molecule has 1 aliphatic heterocycles. The first-order valence-electron chi connectivity index (χ1n) is 11.2. The molecule has 2 amide bonds. The highest BCUT2D eigenvalue weighted by atomic mass is 32.2. The fraction of sp³-hybridized carbons (Fsp3) is 0.458. The summed E-state index contributed by atoms with van der Waals surface area (Å²) < 4.78 is 10.4. The van der Waals surface area contributed by atoms with Gasteiger partial charge in [0, 0.05) is 23.6 Å². The lowest BCUT2D eigenvalue weighted by Gasteiger charge is -2.26. The molecule has 178 valence electrons. The molecule has 7 nitrogen and oxygen atoms in total. The van der Waals surface area contributed by atoms with E-state index in [1.54, 1.807) is 30.5 Å². The monoisotopic (exact) mass is 490 g/mol. The Balaban J connectivity index is 1.59. The van der Waals surface area contributed by atoms with Crippen LogP contribution in [0.25, 0.3) is 0 Å². The average Bonchev–Trinajstić information content (AvgIpc) is 3.16. The van der Waals surface area contributed by atoms with Crippen LogP contribution in [0.5, 0.6) is 0 Å². The second-order valence-electron chi connectivity index (χ2n) is 7.49. The molecule has 1 aromatic heterocycles. The van der Waals surface area contributed by atoms with Crippen LogP contribution < -0.4 is 5.32 Å². The van der Waals surface area contributed by atoms with Crippen LogP contribution in [0.1, 0.15) is 53.1 Å². The van der Waals surface area contributed by atoms with Gasteiger partial charge < -0.3 is 19.7 Å². The number of carbonyl (C=O) groups excluding carboxylic acids is 3. The number of anilines is 1. The summed E-state index contributed by atoms with van der Waals surface area (Å²) in [5, 5.41) is 3.43. The van der Waals surface area contributed by atoms with E-state index in [2.05, 4.69) is 17.4 Å². The zero-order chi connectivity index (χ0) is 23.6. The maximum absolute atomic E-state index is 12.7. The number of ether oxygens (including phenoxy) is 2. The first-order valence-corrected chi connectivity index (χ1v) is 13.1. The zero-order valence-electron chi connectivity index (χ0n) is 19.1. The number of benzene rings is 1. The number of nitrogens with one attached hydrogen (secondary N) is 1. The summed E-state index contributed by atoms with van der Waals surface area (Å²) in [6.07, 6.45) is 1.28. The van der Waals surface area contributed by atoms with Crippen LogP contribution >= 0.6 is 23.1 Å². The minimum atomic E-state index is -0.437. The Hall–Kier alpha value is -2.52. The summed E-state index contributed by atoms with van der Waals surface area (Å²) in [5.74, 6) is 1.24. The Labute approximate surface area is 202 Å². The van der Waals surface area contributed by atoms with E-state index in [9.17, 15) is 14.4 Å². The molecule has 0 radical (unpaired) electrons. The van der Waals surface area contributed by atoms with Gasteiger partial charge >= 0.3 is 12.1 Å². The van der Waals surface area contributed by atoms with E-state index < -0.39 is 5.97 Å². The van der Waals surface area contributed by atoms with Crippen molar-refractivity contribution in [3.8, 4) is 0 Å². The average molecular weight is 491 g/mol. The van der Waals surface area contributed by atoms with Gasteiger partial charge in [0.15, 0.2) is 0 Å². The van der Waals surface area contributed by atoms with E-state index >= 15 is 0 Å². The Morgan fingerprint density at radius 2 is 1.88 bits per heavy atom. The largest absolute Gasteiger partial charge is 0.462 e. The first kappa shape index (κ1) is 25.1. The quantitative estimate of drug-likeness (QED) is 0.369. The van der Waals surface area contributed by atoms with E-state index in [4.69, 9.17) is 9.47 Å². The van der Waals surface area contributed by atoms with E-state index in [0.29, 0.717) is 43.1 Å². The summed E-state index contributed by atoms with van der Waals surface area (Å²) >= 11 is 3.13. The molecule has 0 saturated carbocycles. The number of amides is 2. The lowest BCUT2D eigenvalue weighted by atomic mass is 10.0. The van der Waals surface area contributed by atoms with Crippen molar-refractivity contribution in [1.29, 1.82) is 0 Å². The molecule has 0 spiro atoms. The Kier molecular flexibility index (Phi) is 9.62. The number of esters is 1. The minimum absolute atomic E-state index is 0.123. The summed E-state index contributed by atoms with van der Waals surface area (Å²) in [4.78, 5) is 39.9. The van der Waals surface area contributed by atoms with Crippen molar-refractivity contribution in [2.24, 2.45) is 0 Å². The van der Waals surface area contributed by atoms with Gasteiger partial charge in [0.1, 0.15) is 5.00 Å². The molecule has 0 unspecified atom stereocenters. The Bertz CT molecular complexity index is 961. The molecule has 9 heteroatoms. The lowest BCUT2D eigenvalue weighted by molar-refractivity contribution is -0.116. The normalized spacial score (nSPS) is 12.7. The maximum atomic E-state index is 12.7. The molecule has 3 rings (SSSR count). The number of thioether (sulfide) groups is 1. The third-order valence-electron chi connectivity index (χ3n) is 5.12. The third-order valence-corrected chi connectivity index (χ3v) is 7.37. The number of rotatable bonds is 10. The van der Waals surface area contributed by atoms with Crippen molar-refractivity contribution in [3.63, 3.8) is 0 Å². The lowest BCUT2D eigenvalue weighted by Crippen LogP contribution is -2.36.